The van der Waals surface area contributed by atoms with E-state index >= 15 is 0 Å². The molecule has 1 aliphatic rings. The number of carbonyl (C=O) groups is 2. The summed E-state index contributed by atoms with van der Waals surface area (Å²) in [5.74, 6) is 1.82. The van der Waals surface area contributed by atoms with Gasteiger partial charge in [0.15, 0.2) is 6.61 Å². The van der Waals surface area contributed by atoms with Crippen LogP contribution in [0.1, 0.15) is 5.56 Å². The Labute approximate surface area is 182 Å². The average molecular weight is 428 g/mol. The molecule has 166 valence electrons. The molecule has 8 nitrogen and oxygen atoms in total. The van der Waals surface area contributed by atoms with Crippen molar-refractivity contribution in [3.63, 3.8) is 0 Å². The number of nitrogens with one attached hydrogen (secondary N) is 1. The molecular weight excluding hydrogens is 398 g/mol. The first-order valence-corrected chi connectivity index (χ1v) is 10.2. The summed E-state index contributed by atoms with van der Waals surface area (Å²) in [6, 6.07) is 14.8. The number of hydrogen-bond acceptors (Lipinski definition) is 6. The third-order valence-electron chi connectivity index (χ3n) is 5.16. The van der Waals surface area contributed by atoms with Crippen LogP contribution in [0.25, 0.3) is 0 Å². The molecule has 1 aliphatic heterocycles. The van der Waals surface area contributed by atoms with Gasteiger partial charge in [-0.2, -0.15) is 0 Å². The minimum absolute atomic E-state index is 0.0271. The lowest BCUT2D eigenvalue weighted by Gasteiger charge is -2.35. The van der Waals surface area contributed by atoms with E-state index in [4.69, 9.17) is 14.2 Å². The van der Waals surface area contributed by atoms with Crippen molar-refractivity contribution in [2.75, 3.05) is 53.6 Å². The van der Waals surface area contributed by atoms with E-state index in [9.17, 15) is 9.59 Å². The molecule has 0 radical (unpaired) electrons. The molecule has 2 aromatic carbocycles. The lowest BCUT2D eigenvalue weighted by molar-refractivity contribution is -0.134. The SMILES string of the molecule is COc1ccc(OC)c(CN2CCN(C(=O)CNC(=O)COc3ccccc3)CC2)c1. The van der Waals surface area contributed by atoms with Crippen molar-refractivity contribution in [1.82, 2.24) is 15.1 Å². The number of carbonyl (C=O) groups excluding carboxylic acids is 2. The zero-order valence-corrected chi connectivity index (χ0v) is 18.0. The van der Waals surface area contributed by atoms with Gasteiger partial charge in [0.05, 0.1) is 20.8 Å². The van der Waals surface area contributed by atoms with Gasteiger partial charge in [0.25, 0.3) is 5.91 Å². The Kier molecular flexibility index (Phi) is 8.12. The van der Waals surface area contributed by atoms with Crippen LogP contribution in [0.2, 0.25) is 0 Å². The summed E-state index contributed by atoms with van der Waals surface area (Å²) < 4.78 is 16.2. The number of rotatable bonds is 9. The maximum absolute atomic E-state index is 12.4. The normalized spacial score (nSPS) is 14.1. The lowest BCUT2D eigenvalue weighted by atomic mass is 10.1. The molecule has 3 rings (SSSR count). The topological polar surface area (TPSA) is 80.3 Å². The third-order valence-corrected chi connectivity index (χ3v) is 5.16. The predicted molar refractivity (Wildman–Crippen MR) is 116 cm³/mol. The van der Waals surface area contributed by atoms with Crippen LogP contribution < -0.4 is 19.5 Å². The molecule has 31 heavy (non-hydrogen) atoms. The maximum atomic E-state index is 12.4. The Balaban J connectivity index is 1.40. The molecule has 1 N–H and O–H groups in total. The molecule has 2 aromatic rings. The van der Waals surface area contributed by atoms with Crippen LogP contribution in [0.5, 0.6) is 17.2 Å². The maximum Gasteiger partial charge on any atom is 0.258 e. The van der Waals surface area contributed by atoms with Gasteiger partial charge in [0, 0.05) is 38.3 Å². The zero-order chi connectivity index (χ0) is 22.1. The molecule has 0 atom stereocenters. The van der Waals surface area contributed by atoms with E-state index in [1.54, 1.807) is 31.3 Å². The van der Waals surface area contributed by atoms with Gasteiger partial charge < -0.3 is 24.4 Å². The standard InChI is InChI=1S/C23H29N3O5/c1-29-20-8-9-21(30-2)18(14-20)16-25-10-12-26(13-11-25)23(28)15-24-22(27)17-31-19-6-4-3-5-7-19/h3-9,14H,10-13,15-17H2,1-2H3,(H,24,27). The number of para-hydroxylation sites is 1. The van der Waals surface area contributed by atoms with Gasteiger partial charge in [0.2, 0.25) is 5.91 Å². The first kappa shape index (κ1) is 22.4. The van der Waals surface area contributed by atoms with E-state index in [1.807, 2.05) is 36.4 Å². The number of methoxy groups -OCH3 is 2. The van der Waals surface area contributed by atoms with Crippen LogP contribution in [0, 0.1) is 0 Å². The number of hydrogen-bond donors (Lipinski definition) is 1. The highest BCUT2D eigenvalue weighted by molar-refractivity contribution is 5.85. The molecule has 0 aromatic heterocycles. The van der Waals surface area contributed by atoms with Gasteiger partial charge in [-0.15, -0.1) is 0 Å². The second-order valence-corrected chi connectivity index (χ2v) is 7.21. The van der Waals surface area contributed by atoms with Gasteiger partial charge >= 0.3 is 0 Å². The van der Waals surface area contributed by atoms with Gasteiger partial charge in [-0.25, -0.2) is 0 Å². The van der Waals surface area contributed by atoms with E-state index in [2.05, 4.69) is 10.2 Å². The predicted octanol–water partition coefficient (Wildman–Crippen LogP) is 1.54. The molecule has 2 amide bonds. The fourth-order valence-corrected chi connectivity index (χ4v) is 3.40. The summed E-state index contributed by atoms with van der Waals surface area (Å²) in [6.45, 7) is 3.29. The molecule has 1 heterocycles. The second kappa shape index (κ2) is 11.2. The van der Waals surface area contributed by atoms with Gasteiger partial charge in [0.1, 0.15) is 17.2 Å². The Morgan fingerprint density at radius 3 is 2.35 bits per heavy atom. The summed E-state index contributed by atoms with van der Waals surface area (Å²) in [6.07, 6.45) is 0. The highest BCUT2D eigenvalue weighted by Crippen LogP contribution is 2.25. The van der Waals surface area contributed by atoms with Crippen molar-refractivity contribution < 1.29 is 23.8 Å². The molecule has 0 saturated carbocycles. The minimum atomic E-state index is -0.319. The van der Waals surface area contributed by atoms with Crippen molar-refractivity contribution in [3.05, 3.63) is 54.1 Å². The summed E-state index contributed by atoms with van der Waals surface area (Å²) in [5.41, 5.74) is 1.05. The highest BCUT2D eigenvalue weighted by Gasteiger charge is 2.22. The summed E-state index contributed by atoms with van der Waals surface area (Å²) in [5, 5.41) is 2.63. The van der Waals surface area contributed by atoms with Gasteiger partial charge in [-0.3, -0.25) is 14.5 Å². The van der Waals surface area contributed by atoms with Crippen LogP contribution >= 0.6 is 0 Å². The smallest absolute Gasteiger partial charge is 0.258 e. The zero-order valence-electron chi connectivity index (χ0n) is 18.0. The Hall–Kier alpha value is -3.26. The fraction of sp³-hybridized carbons (Fsp3) is 0.391. The number of piperazine rings is 1. The first-order valence-electron chi connectivity index (χ1n) is 10.2. The minimum Gasteiger partial charge on any atom is -0.497 e. The fourth-order valence-electron chi connectivity index (χ4n) is 3.40. The molecule has 8 heteroatoms. The van der Waals surface area contributed by atoms with E-state index in [0.29, 0.717) is 18.8 Å². The van der Waals surface area contributed by atoms with Crippen LogP contribution in [0.15, 0.2) is 48.5 Å². The van der Waals surface area contributed by atoms with E-state index in [-0.39, 0.29) is 25.0 Å². The summed E-state index contributed by atoms with van der Waals surface area (Å²) >= 11 is 0. The quantitative estimate of drug-likeness (QED) is 0.654. The molecule has 0 bridgehead atoms. The third kappa shape index (κ3) is 6.62. The number of benzene rings is 2. The molecule has 0 unspecified atom stereocenters. The number of nitrogens with zero attached hydrogens (tertiary/aromatic N) is 2. The van der Waals surface area contributed by atoms with Crippen molar-refractivity contribution in [2.24, 2.45) is 0 Å². The highest BCUT2D eigenvalue weighted by atomic mass is 16.5. The van der Waals surface area contributed by atoms with Crippen molar-refractivity contribution in [2.45, 2.75) is 6.54 Å². The van der Waals surface area contributed by atoms with Crippen LogP contribution in [-0.2, 0) is 16.1 Å². The van der Waals surface area contributed by atoms with Crippen molar-refractivity contribution in [1.29, 1.82) is 0 Å². The van der Waals surface area contributed by atoms with E-state index < -0.39 is 0 Å². The van der Waals surface area contributed by atoms with Gasteiger partial charge in [-0.1, -0.05) is 18.2 Å². The Bertz CT molecular complexity index is 867. The average Bonchev–Trinajstić information content (AvgIpc) is 2.82. The molecular formula is C23H29N3O5. The van der Waals surface area contributed by atoms with Crippen molar-refractivity contribution >= 4 is 11.8 Å². The Morgan fingerprint density at radius 2 is 1.68 bits per heavy atom. The summed E-state index contributed by atoms with van der Waals surface area (Å²) in [4.78, 5) is 28.4. The summed E-state index contributed by atoms with van der Waals surface area (Å²) in [7, 11) is 3.30. The molecule has 1 fully saturated rings. The Morgan fingerprint density at radius 1 is 0.935 bits per heavy atom. The van der Waals surface area contributed by atoms with E-state index in [1.165, 1.54) is 0 Å². The van der Waals surface area contributed by atoms with E-state index in [0.717, 1.165) is 36.7 Å². The first-order chi connectivity index (χ1) is 15.1. The van der Waals surface area contributed by atoms with Crippen LogP contribution in [0.3, 0.4) is 0 Å². The monoisotopic (exact) mass is 427 g/mol. The van der Waals surface area contributed by atoms with Crippen molar-refractivity contribution in [3.8, 4) is 17.2 Å². The molecule has 1 saturated heterocycles. The lowest BCUT2D eigenvalue weighted by Crippen LogP contribution is -2.51. The second-order valence-electron chi connectivity index (χ2n) is 7.21. The number of amides is 2. The number of ether oxygens (including phenoxy) is 3. The van der Waals surface area contributed by atoms with Gasteiger partial charge in [-0.05, 0) is 30.3 Å². The largest absolute Gasteiger partial charge is 0.497 e. The molecule has 0 spiro atoms. The van der Waals surface area contributed by atoms with Crippen LogP contribution in [-0.4, -0.2) is 75.2 Å². The molecule has 0 aliphatic carbocycles. The van der Waals surface area contributed by atoms with Crippen LogP contribution in [0.4, 0.5) is 0 Å².